The van der Waals surface area contributed by atoms with E-state index < -0.39 is 0 Å². The summed E-state index contributed by atoms with van der Waals surface area (Å²) >= 11 is 1.46. The van der Waals surface area contributed by atoms with E-state index in [1.807, 2.05) is 24.3 Å². The summed E-state index contributed by atoms with van der Waals surface area (Å²) in [5.41, 5.74) is 0. The molecule has 5 nitrogen and oxygen atoms in total. The first-order valence-electron chi connectivity index (χ1n) is 6.84. The number of hydrogen-bond donors (Lipinski definition) is 0. The highest BCUT2D eigenvalue weighted by molar-refractivity contribution is 8.00. The monoisotopic (exact) mass is 306 g/mol. The Labute approximate surface area is 128 Å². The van der Waals surface area contributed by atoms with Gasteiger partial charge < -0.3 is 14.4 Å². The van der Waals surface area contributed by atoms with Crippen LogP contribution in [0.25, 0.3) is 0 Å². The molecule has 0 saturated heterocycles. The molecule has 0 aliphatic carbocycles. The molecule has 0 aromatic heterocycles. The van der Waals surface area contributed by atoms with Crippen LogP contribution in [0.4, 0.5) is 0 Å². The smallest absolute Gasteiger partial charge is 0.232 e. The Balaban J connectivity index is 1.90. The molecule has 6 heteroatoms. The van der Waals surface area contributed by atoms with E-state index >= 15 is 0 Å². The number of fused-ring (bicyclic) bond motifs is 1. The zero-order chi connectivity index (χ0) is 15.1. The normalized spacial score (nSPS) is 13.1. The van der Waals surface area contributed by atoms with E-state index in [0.29, 0.717) is 31.9 Å². The second-order valence-electron chi connectivity index (χ2n) is 4.67. The topological polar surface area (TPSA) is 62.6 Å². The Morgan fingerprint density at radius 1 is 1.38 bits per heavy atom. The van der Waals surface area contributed by atoms with Gasteiger partial charge in [0.2, 0.25) is 5.91 Å². The summed E-state index contributed by atoms with van der Waals surface area (Å²) < 4.78 is 11.2. The van der Waals surface area contributed by atoms with Crippen LogP contribution in [0.15, 0.2) is 23.1 Å². The van der Waals surface area contributed by atoms with Gasteiger partial charge in [-0.3, -0.25) is 4.79 Å². The van der Waals surface area contributed by atoms with Gasteiger partial charge in [0.1, 0.15) is 0 Å². The second kappa shape index (κ2) is 7.79. The lowest BCUT2D eigenvalue weighted by atomic mass is 10.3. The van der Waals surface area contributed by atoms with Gasteiger partial charge in [-0.25, -0.2) is 0 Å². The highest BCUT2D eigenvalue weighted by Gasteiger charge is 2.13. The van der Waals surface area contributed by atoms with Gasteiger partial charge in [0, 0.05) is 24.9 Å². The van der Waals surface area contributed by atoms with Crippen molar-refractivity contribution >= 4 is 17.7 Å². The Bertz CT molecular complexity index is 542. The number of nitriles is 1. The number of amides is 1. The molecule has 0 bridgehead atoms. The summed E-state index contributed by atoms with van der Waals surface area (Å²) in [7, 11) is 1.72. The molecule has 2 rings (SSSR count). The van der Waals surface area contributed by atoms with Gasteiger partial charge in [0.25, 0.3) is 0 Å². The zero-order valence-corrected chi connectivity index (χ0v) is 12.8. The van der Waals surface area contributed by atoms with Gasteiger partial charge in [-0.1, -0.05) is 0 Å². The third kappa shape index (κ3) is 4.57. The van der Waals surface area contributed by atoms with Crippen molar-refractivity contribution in [2.24, 2.45) is 0 Å². The molecule has 112 valence electrons. The number of benzene rings is 1. The van der Waals surface area contributed by atoms with Gasteiger partial charge in [-0.2, -0.15) is 5.26 Å². The summed E-state index contributed by atoms with van der Waals surface area (Å²) in [4.78, 5) is 14.5. The summed E-state index contributed by atoms with van der Waals surface area (Å²) in [6, 6.07) is 7.76. The third-order valence-electron chi connectivity index (χ3n) is 3.07. The first kappa shape index (κ1) is 15.5. The largest absolute Gasteiger partial charge is 0.490 e. The van der Waals surface area contributed by atoms with E-state index in [9.17, 15) is 4.79 Å². The van der Waals surface area contributed by atoms with Crippen molar-refractivity contribution in [2.75, 3.05) is 32.6 Å². The van der Waals surface area contributed by atoms with Crippen molar-refractivity contribution < 1.29 is 14.3 Å². The fourth-order valence-corrected chi connectivity index (χ4v) is 2.70. The predicted molar refractivity (Wildman–Crippen MR) is 80.6 cm³/mol. The van der Waals surface area contributed by atoms with Crippen LogP contribution in [0.3, 0.4) is 0 Å². The quantitative estimate of drug-likeness (QED) is 0.781. The van der Waals surface area contributed by atoms with Crippen LogP contribution in [-0.4, -0.2) is 43.4 Å². The first-order chi connectivity index (χ1) is 10.2. The summed E-state index contributed by atoms with van der Waals surface area (Å²) in [5, 5.41) is 8.52. The van der Waals surface area contributed by atoms with Gasteiger partial charge in [-0.05, 0) is 18.2 Å². The fraction of sp³-hybridized carbons (Fsp3) is 0.467. The zero-order valence-electron chi connectivity index (χ0n) is 12.0. The minimum atomic E-state index is 0.0161. The van der Waals surface area contributed by atoms with Crippen molar-refractivity contribution in [3.05, 3.63) is 18.2 Å². The standard InChI is InChI=1S/C15H18N2O3S/c1-17(7-2-6-16)15(18)11-21-12-4-5-13-14(10-12)20-9-3-8-19-13/h4-5,10H,2-3,7-9,11H2,1H3. The van der Waals surface area contributed by atoms with E-state index in [-0.39, 0.29) is 5.91 Å². The van der Waals surface area contributed by atoms with Gasteiger partial charge in [0.05, 0.1) is 31.5 Å². The van der Waals surface area contributed by atoms with Crippen molar-refractivity contribution in [2.45, 2.75) is 17.7 Å². The lowest BCUT2D eigenvalue weighted by molar-refractivity contribution is -0.127. The molecule has 1 heterocycles. The van der Waals surface area contributed by atoms with Crippen molar-refractivity contribution in [1.82, 2.24) is 4.90 Å². The fourth-order valence-electron chi connectivity index (χ4n) is 1.83. The number of hydrogen-bond acceptors (Lipinski definition) is 5. The van der Waals surface area contributed by atoms with E-state index in [4.69, 9.17) is 14.7 Å². The van der Waals surface area contributed by atoms with Crippen LogP contribution < -0.4 is 9.47 Å². The maximum atomic E-state index is 11.9. The summed E-state index contributed by atoms with van der Waals surface area (Å²) in [6.45, 7) is 1.79. The summed E-state index contributed by atoms with van der Waals surface area (Å²) in [6.07, 6.45) is 1.23. The minimum Gasteiger partial charge on any atom is -0.490 e. The molecule has 21 heavy (non-hydrogen) atoms. The predicted octanol–water partition coefficient (Wildman–Crippen LogP) is 2.31. The molecule has 0 saturated carbocycles. The SMILES string of the molecule is CN(CCC#N)C(=O)CSc1ccc2c(c1)OCCCO2. The van der Waals surface area contributed by atoms with Crippen LogP contribution in [0.1, 0.15) is 12.8 Å². The maximum Gasteiger partial charge on any atom is 0.232 e. The third-order valence-corrected chi connectivity index (χ3v) is 4.04. The molecular weight excluding hydrogens is 288 g/mol. The van der Waals surface area contributed by atoms with E-state index in [2.05, 4.69) is 0 Å². The number of rotatable bonds is 5. The average molecular weight is 306 g/mol. The highest BCUT2D eigenvalue weighted by atomic mass is 32.2. The van der Waals surface area contributed by atoms with E-state index in [1.165, 1.54) is 11.8 Å². The minimum absolute atomic E-state index is 0.0161. The number of nitrogens with zero attached hydrogens (tertiary/aromatic N) is 2. The van der Waals surface area contributed by atoms with E-state index in [0.717, 1.165) is 22.8 Å². The van der Waals surface area contributed by atoms with Crippen LogP contribution in [0.5, 0.6) is 11.5 Å². The Morgan fingerprint density at radius 2 is 2.14 bits per heavy atom. The molecule has 1 aromatic carbocycles. The molecule has 0 fully saturated rings. The molecule has 0 spiro atoms. The molecule has 1 aliphatic rings. The van der Waals surface area contributed by atoms with Crippen molar-refractivity contribution in [1.29, 1.82) is 5.26 Å². The number of carbonyl (C=O) groups is 1. The average Bonchev–Trinajstić information content (AvgIpc) is 2.74. The summed E-state index contributed by atoms with van der Waals surface area (Å²) in [5.74, 6) is 1.86. The van der Waals surface area contributed by atoms with Crippen LogP contribution in [-0.2, 0) is 4.79 Å². The lowest BCUT2D eigenvalue weighted by Gasteiger charge is -2.15. The van der Waals surface area contributed by atoms with Gasteiger partial charge in [0.15, 0.2) is 11.5 Å². The molecule has 0 N–H and O–H groups in total. The molecule has 0 radical (unpaired) electrons. The number of thioether (sulfide) groups is 1. The molecule has 1 aliphatic heterocycles. The second-order valence-corrected chi connectivity index (χ2v) is 5.72. The Morgan fingerprint density at radius 3 is 2.90 bits per heavy atom. The van der Waals surface area contributed by atoms with Crippen molar-refractivity contribution in [3.8, 4) is 17.6 Å². The van der Waals surface area contributed by atoms with Gasteiger partial charge in [-0.15, -0.1) is 11.8 Å². The van der Waals surface area contributed by atoms with Crippen LogP contribution in [0.2, 0.25) is 0 Å². The molecular formula is C15H18N2O3S. The van der Waals surface area contributed by atoms with Gasteiger partial charge >= 0.3 is 0 Å². The first-order valence-corrected chi connectivity index (χ1v) is 7.82. The molecule has 1 amide bonds. The van der Waals surface area contributed by atoms with Crippen LogP contribution in [0, 0.1) is 11.3 Å². The number of carbonyl (C=O) groups excluding carboxylic acids is 1. The Kier molecular flexibility index (Phi) is 5.76. The van der Waals surface area contributed by atoms with Crippen molar-refractivity contribution in [3.63, 3.8) is 0 Å². The lowest BCUT2D eigenvalue weighted by Crippen LogP contribution is -2.29. The Hall–Kier alpha value is -1.87. The molecule has 1 aromatic rings. The maximum absolute atomic E-state index is 11.9. The molecule has 0 unspecified atom stereocenters. The van der Waals surface area contributed by atoms with Crippen LogP contribution >= 0.6 is 11.8 Å². The highest BCUT2D eigenvalue weighted by Crippen LogP contribution is 2.33. The van der Waals surface area contributed by atoms with E-state index in [1.54, 1.807) is 11.9 Å². The molecule has 0 atom stereocenters. The number of ether oxygens (including phenoxy) is 2.